The van der Waals surface area contributed by atoms with Crippen LogP contribution in [0.4, 0.5) is 13.2 Å². The van der Waals surface area contributed by atoms with E-state index in [-0.39, 0.29) is 0 Å². The highest BCUT2D eigenvalue weighted by atomic mass is 19.3. The molecule has 0 bridgehead atoms. The molecule has 0 aromatic rings. The van der Waals surface area contributed by atoms with Crippen LogP contribution in [-0.4, -0.2) is 24.7 Å². The molecule has 0 spiro atoms. The minimum Gasteiger partial charge on any atom is -0.456 e. The topological polar surface area (TPSA) is 26.3 Å². The van der Waals surface area contributed by atoms with E-state index in [0.717, 1.165) is 6.08 Å². The van der Waals surface area contributed by atoms with Crippen molar-refractivity contribution in [2.24, 2.45) is 0 Å². The minimum absolute atomic E-state index is 0.696. The second-order valence-corrected chi connectivity index (χ2v) is 2.19. The third-order valence-electron chi connectivity index (χ3n) is 1.16. The molecule has 0 aromatic heterocycles. The van der Waals surface area contributed by atoms with E-state index in [1.54, 1.807) is 0 Å². The molecule has 1 atom stereocenters. The SMILES string of the molecule is C=CC(=O)OCC(F)(F)C(C)F. The Morgan fingerprint density at radius 3 is 2.58 bits per heavy atom. The van der Waals surface area contributed by atoms with Crippen LogP contribution >= 0.6 is 0 Å². The van der Waals surface area contributed by atoms with Crippen molar-refractivity contribution in [3.8, 4) is 0 Å². The number of carbonyl (C=O) groups is 1. The average molecular weight is 182 g/mol. The van der Waals surface area contributed by atoms with E-state index in [1.165, 1.54) is 0 Å². The summed E-state index contributed by atoms with van der Waals surface area (Å²) >= 11 is 0. The molecular weight excluding hydrogens is 173 g/mol. The lowest BCUT2D eigenvalue weighted by atomic mass is 10.2. The van der Waals surface area contributed by atoms with Crippen molar-refractivity contribution in [2.45, 2.75) is 19.0 Å². The summed E-state index contributed by atoms with van der Waals surface area (Å²) in [6, 6.07) is 0. The molecule has 5 heteroatoms. The van der Waals surface area contributed by atoms with Crippen LogP contribution in [0, 0.1) is 0 Å². The number of alkyl halides is 3. The van der Waals surface area contributed by atoms with Gasteiger partial charge in [-0.3, -0.25) is 0 Å². The van der Waals surface area contributed by atoms with Crippen LogP contribution in [-0.2, 0) is 9.53 Å². The molecule has 0 amide bonds. The van der Waals surface area contributed by atoms with Crippen LogP contribution in [0.2, 0.25) is 0 Å². The summed E-state index contributed by atoms with van der Waals surface area (Å²) in [5.41, 5.74) is 0. The molecule has 0 aromatic carbocycles. The standard InChI is InChI=1S/C7H9F3O2/c1-3-6(11)12-4-7(9,10)5(2)8/h3,5H,1,4H2,2H3. The summed E-state index contributed by atoms with van der Waals surface area (Å²) in [7, 11) is 0. The molecule has 0 fully saturated rings. The van der Waals surface area contributed by atoms with Gasteiger partial charge in [0.1, 0.15) is 0 Å². The Morgan fingerprint density at radius 1 is 1.75 bits per heavy atom. The number of hydrogen-bond acceptors (Lipinski definition) is 2. The second-order valence-electron chi connectivity index (χ2n) is 2.19. The molecule has 0 saturated heterocycles. The van der Waals surface area contributed by atoms with Gasteiger partial charge in [0.25, 0.3) is 0 Å². The van der Waals surface area contributed by atoms with E-state index in [4.69, 9.17) is 0 Å². The quantitative estimate of drug-likeness (QED) is 0.488. The maximum absolute atomic E-state index is 12.4. The van der Waals surface area contributed by atoms with Gasteiger partial charge in [-0.15, -0.1) is 0 Å². The number of esters is 1. The zero-order chi connectivity index (χ0) is 9.78. The predicted octanol–water partition coefficient (Wildman–Crippen LogP) is 1.71. The normalized spacial score (nSPS) is 13.7. The molecule has 0 N–H and O–H groups in total. The monoisotopic (exact) mass is 182 g/mol. The molecule has 0 radical (unpaired) electrons. The lowest BCUT2D eigenvalue weighted by molar-refractivity contribution is -0.157. The van der Waals surface area contributed by atoms with Crippen LogP contribution in [0.25, 0.3) is 0 Å². The first-order valence-electron chi connectivity index (χ1n) is 3.21. The van der Waals surface area contributed by atoms with Crippen molar-refractivity contribution in [3.63, 3.8) is 0 Å². The lowest BCUT2D eigenvalue weighted by Crippen LogP contribution is -2.33. The summed E-state index contributed by atoms with van der Waals surface area (Å²) < 4.78 is 40.7. The molecule has 0 aliphatic carbocycles. The Labute approximate surface area is 68.0 Å². The van der Waals surface area contributed by atoms with Crippen molar-refractivity contribution in [1.29, 1.82) is 0 Å². The number of carbonyl (C=O) groups excluding carboxylic acids is 1. The van der Waals surface area contributed by atoms with Crippen LogP contribution in [0.5, 0.6) is 0 Å². The van der Waals surface area contributed by atoms with Crippen molar-refractivity contribution in [2.75, 3.05) is 6.61 Å². The van der Waals surface area contributed by atoms with Crippen LogP contribution in [0.1, 0.15) is 6.92 Å². The van der Waals surface area contributed by atoms with Gasteiger partial charge in [0.05, 0.1) is 0 Å². The third-order valence-corrected chi connectivity index (χ3v) is 1.16. The summed E-state index contributed by atoms with van der Waals surface area (Å²) in [6.07, 6.45) is -1.60. The van der Waals surface area contributed by atoms with Gasteiger partial charge in [0.2, 0.25) is 0 Å². The number of halogens is 3. The second kappa shape index (κ2) is 4.13. The Balaban J connectivity index is 3.91. The summed E-state index contributed by atoms with van der Waals surface area (Å²) in [5.74, 6) is -4.62. The van der Waals surface area contributed by atoms with Gasteiger partial charge in [0.15, 0.2) is 12.8 Å². The van der Waals surface area contributed by atoms with E-state index >= 15 is 0 Å². The van der Waals surface area contributed by atoms with Gasteiger partial charge >= 0.3 is 11.9 Å². The maximum Gasteiger partial charge on any atom is 0.330 e. The average Bonchev–Trinajstić information content (AvgIpc) is 2.00. The molecule has 0 heterocycles. The molecule has 70 valence electrons. The van der Waals surface area contributed by atoms with Gasteiger partial charge in [-0.2, -0.15) is 8.78 Å². The van der Waals surface area contributed by atoms with E-state index in [9.17, 15) is 18.0 Å². The van der Waals surface area contributed by atoms with Gasteiger partial charge in [0, 0.05) is 6.08 Å². The van der Waals surface area contributed by atoms with Crippen molar-refractivity contribution in [1.82, 2.24) is 0 Å². The van der Waals surface area contributed by atoms with E-state index in [1.807, 2.05) is 0 Å². The molecule has 0 aliphatic heterocycles. The van der Waals surface area contributed by atoms with Gasteiger partial charge in [-0.1, -0.05) is 6.58 Å². The first kappa shape index (κ1) is 11.0. The van der Waals surface area contributed by atoms with Gasteiger partial charge in [-0.25, -0.2) is 9.18 Å². The summed E-state index contributed by atoms with van der Waals surface area (Å²) in [5, 5.41) is 0. The molecule has 1 unspecified atom stereocenters. The number of ether oxygens (including phenoxy) is 1. The van der Waals surface area contributed by atoms with Crippen LogP contribution in [0.3, 0.4) is 0 Å². The minimum atomic E-state index is -3.63. The predicted molar refractivity (Wildman–Crippen MR) is 36.7 cm³/mol. The molecule has 2 nitrogen and oxygen atoms in total. The zero-order valence-corrected chi connectivity index (χ0v) is 6.52. The fourth-order valence-electron chi connectivity index (χ4n) is 0.341. The Morgan fingerprint density at radius 2 is 2.25 bits per heavy atom. The van der Waals surface area contributed by atoms with Crippen molar-refractivity contribution < 1.29 is 22.7 Å². The largest absolute Gasteiger partial charge is 0.456 e. The van der Waals surface area contributed by atoms with Crippen molar-refractivity contribution in [3.05, 3.63) is 12.7 Å². The lowest BCUT2D eigenvalue weighted by Gasteiger charge is -2.16. The van der Waals surface area contributed by atoms with Gasteiger partial charge in [-0.05, 0) is 6.92 Å². The first-order chi connectivity index (χ1) is 5.40. The smallest absolute Gasteiger partial charge is 0.330 e. The fraction of sp³-hybridized carbons (Fsp3) is 0.571. The molecule has 12 heavy (non-hydrogen) atoms. The van der Waals surface area contributed by atoms with Crippen molar-refractivity contribution >= 4 is 5.97 Å². The highest BCUT2D eigenvalue weighted by Crippen LogP contribution is 2.21. The molecule has 0 aliphatic rings. The Hall–Kier alpha value is -1.00. The third kappa shape index (κ3) is 3.41. The number of hydrogen-bond donors (Lipinski definition) is 0. The molecular formula is C7H9F3O2. The zero-order valence-electron chi connectivity index (χ0n) is 6.52. The molecule has 0 saturated carbocycles. The maximum atomic E-state index is 12.4. The summed E-state index contributed by atoms with van der Waals surface area (Å²) in [6.45, 7) is 2.43. The fourth-order valence-corrected chi connectivity index (χ4v) is 0.341. The summed E-state index contributed by atoms with van der Waals surface area (Å²) in [4.78, 5) is 10.3. The van der Waals surface area contributed by atoms with E-state index in [0.29, 0.717) is 6.92 Å². The van der Waals surface area contributed by atoms with Crippen LogP contribution < -0.4 is 0 Å². The first-order valence-corrected chi connectivity index (χ1v) is 3.21. The Bertz CT molecular complexity index is 177. The molecule has 0 rings (SSSR count). The van der Waals surface area contributed by atoms with Crippen LogP contribution in [0.15, 0.2) is 12.7 Å². The highest BCUT2D eigenvalue weighted by Gasteiger charge is 2.38. The van der Waals surface area contributed by atoms with E-state index in [2.05, 4.69) is 11.3 Å². The number of rotatable bonds is 4. The van der Waals surface area contributed by atoms with Gasteiger partial charge < -0.3 is 4.74 Å². The highest BCUT2D eigenvalue weighted by molar-refractivity contribution is 5.81. The Kier molecular flexibility index (Phi) is 3.79. The van der Waals surface area contributed by atoms with E-state index < -0.39 is 24.7 Å².